The highest BCUT2D eigenvalue weighted by Gasteiger charge is 2.34. The average Bonchev–Trinajstić information content (AvgIpc) is 2.92. The van der Waals surface area contributed by atoms with Crippen LogP contribution in [-0.4, -0.2) is 16.7 Å². The summed E-state index contributed by atoms with van der Waals surface area (Å²) >= 11 is 0. The van der Waals surface area contributed by atoms with Crippen LogP contribution in [0.25, 0.3) is 11.1 Å². The second-order valence-corrected chi connectivity index (χ2v) is 11.6. The van der Waals surface area contributed by atoms with Crippen LogP contribution in [0, 0.1) is 11.8 Å². The number of aliphatic carboxylic acids is 1. The predicted molar refractivity (Wildman–Crippen MR) is 155 cm³/mol. The third-order valence-electron chi connectivity index (χ3n) is 8.45. The Morgan fingerprint density at radius 3 is 1.81 bits per heavy atom. The van der Waals surface area contributed by atoms with Gasteiger partial charge in [-0.15, -0.1) is 0 Å². The van der Waals surface area contributed by atoms with Gasteiger partial charge in [0.2, 0.25) is 5.60 Å². The van der Waals surface area contributed by atoms with Gasteiger partial charge in [-0.3, -0.25) is 0 Å². The molecule has 0 saturated heterocycles. The van der Waals surface area contributed by atoms with Crippen LogP contribution in [0.3, 0.4) is 0 Å². The molecular formula is C34H50O3. The van der Waals surface area contributed by atoms with Gasteiger partial charge < -0.3 is 9.84 Å². The highest BCUT2D eigenvalue weighted by Crippen LogP contribution is 2.34. The Kier molecular flexibility index (Phi) is 12.0. The van der Waals surface area contributed by atoms with Crippen molar-refractivity contribution in [3.05, 3.63) is 54.1 Å². The molecule has 0 aliphatic heterocycles. The van der Waals surface area contributed by atoms with Gasteiger partial charge >= 0.3 is 5.97 Å². The lowest BCUT2D eigenvalue weighted by Crippen LogP contribution is -2.41. The molecular weight excluding hydrogens is 456 g/mol. The molecule has 0 heterocycles. The summed E-state index contributed by atoms with van der Waals surface area (Å²) in [6.07, 6.45) is 19.0. The van der Waals surface area contributed by atoms with Gasteiger partial charge in [0.15, 0.2) is 0 Å². The quantitative estimate of drug-likeness (QED) is 0.230. The van der Waals surface area contributed by atoms with Gasteiger partial charge in [-0.2, -0.15) is 0 Å². The van der Waals surface area contributed by atoms with E-state index in [1.165, 1.54) is 81.8 Å². The number of carbonyl (C=O) groups is 1. The van der Waals surface area contributed by atoms with Crippen molar-refractivity contribution in [3.63, 3.8) is 0 Å². The Balaban J connectivity index is 1.40. The molecule has 0 bridgehead atoms. The third kappa shape index (κ3) is 9.51. The predicted octanol–water partition coefficient (Wildman–Crippen LogP) is 9.87. The molecule has 1 N–H and O–H groups in total. The molecule has 37 heavy (non-hydrogen) atoms. The summed E-state index contributed by atoms with van der Waals surface area (Å²) in [6.45, 7) is 6.03. The number of carboxylic acids is 1. The number of carboxylic acid groups (broad SMARTS) is 1. The van der Waals surface area contributed by atoms with Crippen LogP contribution in [-0.2, 0) is 11.2 Å². The van der Waals surface area contributed by atoms with Crippen LogP contribution >= 0.6 is 0 Å². The van der Waals surface area contributed by atoms with Crippen molar-refractivity contribution >= 4 is 5.97 Å². The maximum absolute atomic E-state index is 11.8. The summed E-state index contributed by atoms with van der Waals surface area (Å²) in [5, 5.41) is 9.64. The molecule has 3 nitrogen and oxygen atoms in total. The number of aryl methyl sites for hydroxylation is 1. The first-order valence-electron chi connectivity index (χ1n) is 15.0. The number of rotatable bonds is 16. The standard InChI is InChI=1S/C34H50O3/c1-4-6-8-11-27-14-16-28(17-15-27)12-9-10-13-29-18-20-30(21-19-29)31-22-24-32(25-23-31)37-34(3,33(35)36)26-7-5-2/h18-25,27-28H,4-17,26H2,1-3H3,(H,35,36)/t27?,28?,34-/m1/s1. The molecule has 1 atom stereocenters. The normalized spacial score (nSPS) is 19.3. The van der Waals surface area contributed by atoms with E-state index in [1.807, 2.05) is 24.3 Å². The van der Waals surface area contributed by atoms with Gasteiger partial charge in [0.25, 0.3) is 0 Å². The number of unbranched alkanes of at least 4 members (excludes halogenated alkanes) is 4. The largest absolute Gasteiger partial charge is 0.478 e. The molecule has 1 saturated carbocycles. The van der Waals surface area contributed by atoms with Gasteiger partial charge in [-0.05, 0) is 73.3 Å². The molecule has 204 valence electrons. The van der Waals surface area contributed by atoms with Crippen molar-refractivity contribution in [1.29, 1.82) is 0 Å². The monoisotopic (exact) mass is 506 g/mol. The van der Waals surface area contributed by atoms with E-state index in [9.17, 15) is 9.90 Å². The maximum Gasteiger partial charge on any atom is 0.347 e. The van der Waals surface area contributed by atoms with E-state index in [0.717, 1.165) is 36.7 Å². The first-order valence-corrected chi connectivity index (χ1v) is 15.0. The molecule has 2 aromatic carbocycles. The van der Waals surface area contributed by atoms with Crippen molar-refractivity contribution in [2.24, 2.45) is 11.8 Å². The first kappa shape index (κ1) is 29.3. The SMILES string of the molecule is CCCCCC1CCC(CCCCc2ccc(-c3ccc(O[C@](C)(CCCC)C(=O)O)cc3)cc2)CC1. The molecule has 0 aromatic heterocycles. The molecule has 0 amide bonds. The summed E-state index contributed by atoms with van der Waals surface area (Å²) in [4.78, 5) is 11.8. The zero-order chi connectivity index (χ0) is 26.5. The Bertz CT molecular complexity index is 909. The van der Waals surface area contributed by atoms with Crippen molar-refractivity contribution in [1.82, 2.24) is 0 Å². The zero-order valence-electron chi connectivity index (χ0n) is 23.6. The average molecular weight is 507 g/mol. The second-order valence-electron chi connectivity index (χ2n) is 11.6. The van der Waals surface area contributed by atoms with E-state index in [4.69, 9.17) is 4.74 Å². The molecule has 1 aliphatic carbocycles. The Labute approximate surface area is 226 Å². The lowest BCUT2D eigenvalue weighted by Gasteiger charge is -2.28. The zero-order valence-corrected chi connectivity index (χ0v) is 23.6. The van der Waals surface area contributed by atoms with E-state index in [0.29, 0.717) is 12.2 Å². The van der Waals surface area contributed by atoms with Crippen LogP contribution in [0.2, 0.25) is 0 Å². The van der Waals surface area contributed by atoms with E-state index in [1.54, 1.807) is 6.92 Å². The van der Waals surface area contributed by atoms with Crippen molar-refractivity contribution in [3.8, 4) is 16.9 Å². The molecule has 3 rings (SSSR count). The Hall–Kier alpha value is -2.29. The van der Waals surface area contributed by atoms with Crippen LogP contribution in [0.4, 0.5) is 0 Å². The molecule has 0 unspecified atom stereocenters. The van der Waals surface area contributed by atoms with Gasteiger partial charge in [-0.1, -0.05) is 121 Å². The van der Waals surface area contributed by atoms with E-state index in [-0.39, 0.29) is 0 Å². The number of benzene rings is 2. The number of hydrogen-bond donors (Lipinski definition) is 1. The fraction of sp³-hybridized carbons (Fsp3) is 0.618. The van der Waals surface area contributed by atoms with Gasteiger partial charge in [-0.25, -0.2) is 4.79 Å². The molecule has 0 radical (unpaired) electrons. The highest BCUT2D eigenvalue weighted by molar-refractivity contribution is 5.77. The van der Waals surface area contributed by atoms with Crippen molar-refractivity contribution in [2.75, 3.05) is 0 Å². The second kappa shape index (κ2) is 15.2. The van der Waals surface area contributed by atoms with Crippen LogP contribution < -0.4 is 4.74 Å². The first-order chi connectivity index (χ1) is 17.9. The number of hydrogen-bond acceptors (Lipinski definition) is 2. The van der Waals surface area contributed by atoms with E-state index in [2.05, 4.69) is 38.1 Å². The summed E-state index contributed by atoms with van der Waals surface area (Å²) in [5.74, 6) is 1.68. The Morgan fingerprint density at radius 1 is 0.784 bits per heavy atom. The highest BCUT2D eigenvalue weighted by atomic mass is 16.5. The molecule has 1 fully saturated rings. The summed E-state index contributed by atoms with van der Waals surface area (Å²) in [7, 11) is 0. The van der Waals surface area contributed by atoms with Crippen LogP contribution in [0.1, 0.15) is 116 Å². The summed E-state index contributed by atoms with van der Waals surface area (Å²) < 4.78 is 5.90. The van der Waals surface area contributed by atoms with Crippen molar-refractivity contribution < 1.29 is 14.6 Å². The molecule has 2 aromatic rings. The van der Waals surface area contributed by atoms with Gasteiger partial charge in [0.1, 0.15) is 5.75 Å². The number of ether oxygens (including phenoxy) is 1. The lowest BCUT2D eigenvalue weighted by atomic mass is 9.78. The smallest absolute Gasteiger partial charge is 0.347 e. The summed E-state index contributed by atoms with van der Waals surface area (Å²) in [6, 6.07) is 16.7. The van der Waals surface area contributed by atoms with Crippen LogP contribution in [0.5, 0.6) is 5.75 Å². The summed E-state index contributed by atoms with van der Waals surface area (Å²) in [5.41, 5.74) is 2.52. The fourth-order valence-electron chi connectivity index (χ4n) is 5.81. The fourth-order valence-corrected chi connectivity index (χ4v) is 5.81. The van der Waals surface area contributed by atoms with Gasteiger partial charge in [0, 0.05) is 0 Å². The minimum atomic E-state index is -1.19. The minimum absolute atomic E-state index is 0.502. The molecule has 0 spiro atoms. The Morgan fingerprint density at radius 2 is 1.30 bits per heavy atom. The van der Waals surface area contributed by atoms with E-state index < -0.39 is 11.6 Å². The van der Waals surface area contributed by atoms with E-state index >= 15 is 0 Å². The lowest BCUT2D eigenvalue weighted by molar-refractivity contribution is -0.154. The maximum atomic E-state index is 11.8. The topological polar surface area (TPSA) is 46.5 Å². The van der Waals surface area contributed by atoms with Gasteiger partial charge in [0.05, 0.1) is 0 Å². The molecule has 1 aliphatic rings. The van der Waals surface area contributed by atoms with Crippen molar-refractivity contribution in [2.45, 2.75) is 123 Å². The minimum Gasteiger partial charge on any atom is -0.478 e. The molecule has 3 heteroatoms. The third-order valence-corrected chi connectivity index (χ3v) is 8.45. The van der Waals surface area contributed by atoms with Crippen LogP contribution in [0.15, 0.2) is 48.5 Å².